The van der Waals surface area contributed by atoms with Gasteiger partial charge in [-0.3, -0.25) is 0 Å². The van der Waals surface area contributed by atoms with Gasteiger partial charge in [0.15, 0.2) is 17.4 Å². The molecule has 0 bridgehead atoms. The summed E-state index contributed by atoms with van der Waals surface area (Å²) in [6, 6.07) is 2.55. The molecule has 102 valence electrons. The monoisotopic (exact) mass is 259 g/mol. The molecule has 0 aliphatic heterocycles. The standard InChI is InChI=1S/C13H19F2NO2/c1-3-17-5-4-6-18-13-11(14)7-10(9-16-2)8-12(13)15/h7-8,16H,3-6,9H2,1-2H3. The topological polar surface area (TPSA) is 30.5 Å². The van der Waals surface area contributed by atoms with Crippen molar-refractivity contribution in [2.45, 2.75) is 19.9 Å². The molecule has 0 radical (unpaired) electrons. The van der Waals surface area contributed by atoms with E-state index in [0.29, 0.717) is 31.7 Å². The van der Waals surface area contributed by atoms with Crippen molar-refractivity contribution in [2.75, 3.05) is 26.9 Å². The van der Waals surface area contributed by atoms with E-state index in [4.69, 9.17) is 9.47 Å². The Morgan fingerprint density at radius 2 is 1.83 bits per heavy atom. The number of nitrogens with one attached hydrogen (secondary N) is 1. The van der Waals surface area contributed by atoms with Crippen LogP contribution in [0.5, 0.6) is 5.75 Å². The van der Waals surface area contributed by atoms with Gasteiger partial charge in [0.25, 0.3) is 0 Å². The molecule has 0 saturated carbocycles. The molecule has 0 aliphatic rings. The lowest BCUT2D eigenvalue weighted by atomic mass is 10.2. The number of halogens is 2. The van der Waals surface area contributed by atoms with E-state index in [2.05, 4.69) is 5.32 Å². The fraction of sp³-hybridized carbons (Fsp3) is 0.538. The van der Waals surface area contributed by atoms with Crippen molar-refractivity contribution in [2.24, 2.45) is 0 Å². The van der Waals surface area contributed by atoms with E-state index in [1.807, 2.05) is 6.92 Å². The van der Waals surface area contributed by atoms with Crippen LogP contribution in [0.25, 0.3) is 0 Å². The molecule has 0 spiro atoms. The lowest BCUT2D eigenvalue weighted by Crippen LogP contribution is -2.08. The number of rotatable bonds is 8. The Morgan fingerprint density at radius 1 is 1.17 bits per heavy atom. The first kappa shape index (κ1) is 14.9. The highest BCUT2D eigenvalue weighted by molar-refractivity contribution is 5.31. The zero-order valence-electron chi connectivity index (χ0n) is 10.8. The third kappa shape index (κ3) is 4.58. The second-order valence-electron chi connectivity index (χ2n) is 3.82. The Bertz CT molecular complexity index is 349. The van der Waals surface area contributed by atoms with Crippen molar-refractivity contribution in [3.63, 3.8) is 0 Å². The molecule has 3 nitrogen and oxygen atoms in total. The minimum Gasteiger partial charge on any atom is -0.488 e. The summed E-state index contributed by atoms with van der Waals surface area (Å²) >= 11 is 0. The van der Waals surface area contributed by atoms with Crippen LogP contribution in [0.1, 0.15) is 18.9 Å². The van der Waals surface area contributed by atoms with Crippen LogP contribution in [-0.4, -0.2) is 26.9 Å². The second kappa shape index (κ2) is 8.00. The van der Waals surface area contributed by atoms with Crippen molar-refractivity contribution >= 4 is 0 Å². The lowest BCUT2D eigenvalue weighted by Gasteiger charge is -2.10. The summed E-state index contributed by atoms with van der Waals surface area (Å²) in [5.41, 5.74) is 0.550. The van der Waals surface area contributed by atoms with Crippen LogP contribution in [0.15, 0.2) is 12.1 Å². The first-order valence-electron chi connectivity index (χ1n) is 6.02. The van der Waals surface area contributed by atoms with Gasteiger partial charge in [-0.15, -0.1) is 0 Å². The quantitative estimate of drug-likeness (QED) is 0.728. The smallest absolute Gasteiger partial charge is 0.190 e. The number of ether oxygens (including phenoxy) is 2. The zero-order valence-corrected chi connectivity index (χ0v) is 10.8. The molecule has 0 aliphatic carbocycles. The maximum absolute atomic E-state index is 13.6. The van der Waals surface area contributed by atoms with Crippen molar-refractivity contribution in [3.8, 4) is 5.75 Å². The highest BCUT2D eigenvalue weighted by Crippen LogP contribution is 2.23. The molecule has 5 heteroatoms. The van der Waals surface area contributed by atoms with E-state index in [0.717, 1.165) is 0 Å². The highest BCUT2D eigenvalue weighted by atomic mass is 19.1. The molecular weight excluding hydrogens is 240 g/mol. The minimum absolute atomic E-state index is 0.235. The normalized spacial score (nSPS) is 10.7. The van der Waals surface area contributed by atoms with Crippen LogP contribution in [0.4, 0.5) is 8.78 Å². The van der Waals surface area contributed by atoms with Gasteiger partial charge in [-0.2, -0.15) is 0 Å². The molecule has 0 atom stereocenters. The van der Waals surface area contributed by atoms with Gasteiger partial charge in [-0.1, -0.05) is 0 Å². The number of hydrogen-bond donors (Lipinski definition) is 1. The molecule has 0 amide bonds. The molecule has 0 unspecified atom stereocenters. The first-order valence-corrected chi connectivity index (χ1v) is 6.02. The van der Waals surface area contributed by atoms with E-state index < -0.39 is 11.6 Å². The summed E-state index contributed by atoms with van der Waals surface area (Å²) in [5.74, 6) is -1.65. The van der Waals surface area contributed by atoms with Crippen LogP contribution in [0.2, 0.25) is 0 Å². The van der Waals surface area contributed by atoms with Gasteiger partial charge in [0.2, 0.25) is 0 Å². The number of hydrogen-bond acceptors (Lipinski definition) is 3. The third-order valence-electron chi connectivity index (χ3n) is 2.32. The predicted octanol–water partition coefficient (Wildman–Crippen LogP) is 2.49. The molecule has 1 aromatic carbocycles. The van der Waals surface area contributed by atoms with Crippen molar-refractivity contribution in [3.05, 3.63) is 29.3 Å². The average molecular weight is 259 g/mol. The summed E-state index contributed by atoms with van der Waals surface area (Å²) in [6.07, 6.45) is 0.602. The summed E-state index contributed by atoms with van der Waals surface area (Å²) in [4.78, 5) is 0. The molecule has 1 rings (SSSR count). The molecule has 0 fully saturated rings. The Labute approximate surface area is 106 Å². The first-order chi connectivity index (χ1) is 8.69. The van der Waals surface area contributed by atoms with Crippen LogP contribution in [0, 0.1) is 11.6 Å². The van der Waals surface area contributed by atoms with Gasteiger partial charge < -0.3 is 14.8 Å². The summed E-state index contributed by atoms with van der Waals surface area (Å²) in [5, 5.41) is 2.83. The fourth-order valence-corrected chi connectivity index (χ4v) is 1.54. The van der Waals surface area contributed by atoms with E-state index in [1.54, 1.807) is 7.05 Å². The predicted molar refractivity (Wildman–Crippen MR) is 65.7 cm³/mol. The van der Waals surface area contributed by atoms with Crippen LogP contribution < -0.4 is 10.1 Å². The van der Waals surface area contributed by atoms with Crippen LogP contribution >= 0.6 is 0 Å². The Morgan fingerprint density at radius 3 is 2.39 bits per heavy atom. The van der Waals surface area contributed by atoms with Gasteiger partial charge in [-0.05, 0) is 31.7 Å². The maximum atomic E-state index is 13.6. The van der Waals surface area contributed by atoms with Gasteiger partial charge in [-0.25, -0.2) is 8.78 Å². The van der Waals surface area contributed by atoms with Gasteiger partial charge in [0.1, 0.15) is 0 Å². The van der Waals surface area contributed by atoms with Crippen LogP contribution in [0.3, 0.4) is 0 Å². The largest absolute Gasteiger partial charge is 0.488 e. The molecular formula is C13H19F2NO2. The molecule has 1 aromatic rings. The van der Waals surface area contributed by atoms with Crippen molar-refractivity contribution in [1.82, 2.24) is 5.32 Å². The number of benzene rings is 1. The van der Waals surface area contributed by atoms with Crippen LogP contribution in [-0.2, 0) is 11.3 Å². The average Bonchev–Trinajstić information content (AvgIpc) is 2.32. The zero-order chi connectivity index (χ0) is 13.4. The fourth-order valence-electron chi connectivity index (χ4n) is 1.54. The van der Waals surface area contributed by atoms with E-state index in [9.17, 15) is 8.78 Å². The highest BCUT2D eigenvalue weighted by Gasteiger charge is 2.12. The second-order valence-corrected chi connectivity index (χ2v) is 3.82. The molecule has 1 N–H and O–H groups in total. The van der Waals surface area contributed by atoms with E-state index >= 15 is 0 Å². The van der Waals surface area contributed by atoms with E-state index in [1.165, 1.54) is 12.1 Å². The summed E-state index contributed by atoms with van der Waals surface area (Å²) < 4.78 is 37.4. The van der Waals surface area contributed by atoms with E-state index in [-0.39, 0.29) is 12.4 Å². The molecule has 0 heterocycles. The van der Waals surface area contributed by atoms with Gasteiger partial charge >= 0.3 is 0 Å². The SMILES string of the molecule is CCOCCCOc1c(F)cc(CNC)cc1F. The third-order valence-corrected chi connectivity index (χ3v) is 2.32. The van der Waals surface area contributed by atoms with Gasteiger partial charge in [0, 0.05) is 26.2 Å². The van der Waals surface area contributed by atoms with Gasteiger partial charge in [0.05, 0.1) is 6.61 Å². The molecule has 0 saturated heterocycles. The lowest BCUT2D eigenvalue weighted by molar-refractivity contribution is 0.129. The Kier molecular flexibility index (Phi) is 6.60. The Balaban J connectivity index is 2.54. The molecule has 18 heavy (non-hydrogen) atoms. The molecule has 0 aromatic heterocycles. The van der Waals surface area contributed by atoms with Crippen molar-refractivity contribution < 1.29 is 18.3 Å². The summed E-state index contributed by atoms with van der Waals surface area (Å²) in [7, 11) is 1.72. The minimum atomic E-state index is -0.670. The summed E-state index contributed by atoms with van der Waals surface area (Å²) in [6.45, 7) is 3.69. The maximum Gasteiger partial charge on any atom is 0.190 e. The van der Waals surface area contributed by atoms with Crippen molar-refractivity contribution in [1.29, 1.82) is 0 Å². The Hall–Kier alpha value is -1.20.